The van der Waals surface area contributed by atoms with Gasteiger partial charge in [-0.2, -0.15) is 0 Å². The molecule has 0 fully saturated rings. The molecule has 1 aliphatic rings. The standard InChI is InChI=1S/C15H10O3/c1-9-13(15(17)18-14(9)16)12-7-6-10-4-2-3-5-11(10)8-12/h2-8H,1H3. The maximum absolute atomic E-state index is 11.6. The second-order valence-corrected chi connectivity index (χ2v) is 4.24. The summed E-state index contributed by atoms with van der Waals surface area (Å²) in [6.45, 7) is 1.61. The first kappa shape index (κ1) is 10.7. The third kappa shape index (κ3) is 1.52. The van der Waals surface area contributed by atoms with E-state index >= 15 is 0 Å². The van der Waals surface area contributed by atoms with Gasteiger partial charge in [-0.05, 0) is 29.3 Å². The molecule has 0 saturated heterocycles. The van der Waals surface area contributed by atoms with Gasteiger partial charge in [-0.3, -0.25) is 0 Å². The van der Waals surface area contributed by atoms with E-state index in [0.29, 0.717) is 11.1 Å². The average Bonchev–Trinajstić information content (AvgIpc) is 2.63. The molecule has 1 heterocycles. The van der Waals surface area contributed by atoms with Gasteiger partial charge in [0, 0.05) is 5.57 Å². The third-order valence-electron chi connectivity index (χ3n) is 3.11. The van der Waals surface area contributed by atoms with Crippen molar-refractivity contribution in [3.8, 4) is 0 Å². The SMILES string of the molecule is CC1=C(c2ccc3ccccc3c2)C(=O)OC1=O. The summed E-state index contributed by atoms with van der Waals surface area (Å²) in [6.07, 6.45) is 0. The molecular formula is C15H10O3. The zero-order valence-corrected chi connectivity index (χ0v) is 9.77. The zero-order chi connectivity index (χ0) is 12.7. The van der Waals surface area contributed by atoms with Crippen LogP contribution in [0, 0.1) is 0 Å². The van der Waals surface area contributed by atoms with E-state index in [-0.39, 0.29) is 0 Å². The summed E-state index contributed by atoms with van der Waals surface area (Å²) in [5.74, 6) is -1.11. The van der Waals surface area contributed by atoms with Crippen LogP contribution in [0.2, 0.25) is 0 Å². The van der Waals surface area contributed by atoms with Crippen LogP contribution < -0.4 is 0 Å². The number of fused-ring (bicyclic) bond motifs is 1. The molecule has 0 aromatic heterocycles. The highest BCUT2D eigenvalue weighted by Gasteiger charge is 2.30. The van der Waals surface area contributed by atoms with Gasteiger partial charge in [0.05, 0.1) is 5.57 Å². The molecule has 1 aliphatic heterocycles. The lowest BCUT2D eigenvalue weighted by Gasteiger charge is -2.03. The number of carbonyl (C=O) groups is 2. The maximum atomic E-state index is 11.6. The second kappa shape index (κ2) is 3.81. The van der Waals surface area contributed by atoms with E-state index in [0.717, 1.165) is 16.3 Å². The number of hydrogen-bond donors (Lipinski definition) is 0. The minimum Gasteiger partial charge on any atom is -0.386 e. The number of ether oxygens (including phenoxy) is 1. The van der Waals surface area contributed by atoms with Gasteiger partial charge in [0.25, 0.3) is 0 Å². The van der Waals surface area contributed by atoms with E-state index in [4.69, 9.17) is 0 Å². The first-order valence-corrected chi connectivity index (χ1v) is 5.63. The fourth-order valence-electron chi connectivity index (χ4n) is 2.15. The Balaban J connectivity index is 2.21. The molecule has 0 N–H and O–H groups in total. The van der Waals surface area contributed by atoms with Gasteiger partial charge in [0.1, 0.15) is 0 Å². The predicted octanol–water partition coefficient (Wildman–Crippen LogP) is 2.70. The molecular weight excluding hydrogens is 228 g/mol. The van der Waals surface area contributed by atoms with Gasteiger partial charge in [-0.1, -0.05) is 36.4 Å². The Morgan fingerprint density at radius 3 is 2.28 bits per heavy atom. The lowest BCUT2D eigenvalue weighted by Crippen LogP contribution is -2.01. The fourth-order valence-corrected chi connectivity index (χ4v) is 2.15. The second-order valence-electron chi connectivity index (χ2n) is 4.24. The molecule has 0 spiro atoms. The molecule has 3 rings (SSSR count). The molecule has 3 nitrogen and oxygen atoms in total. The van der Waals surface area contributed by atoms with Crippen LogP contribution in [0.15, 0.2) is 48.0 Å². The maximum Gasteiger partial charge on any atom is 0.347 e. The first-order chi connectivity index (χ1) is 8.66. The number of carbonyl (C=O) groups excluding carboxylic acids is 2. The average molecular weight is 238 g/mol. The number of esters is 2. The smallest absolute Gasteiger partial charge is 0.347 e. The Labute approximate surface area is 104 Å². The minimum atomic E-state index is -0.562. The molecule has 88 valence electrons. The summed E-state index contributed by atoms with van der Waals surface area (Å²) in [6, 6.07) is 13.5. The summed E-state index contributed by atoms with van der Waals surface area (Å²) >= 11 is 0. The molecule has 18 heavy (non-hydrogen) atoms. The molecule has 0 amide bonds. The van der Waals surface area contributed by atoms with E-state index in [1.165, 1.54) is 0 Å². The van der Waals surface area contributed by atoms with Crippen LogP contribution in [0.5, 0.6) is 0 Å². The van der Waals surface area contributed by atoms with Crippen LogP contribution in [0.3, 0.4) is 0 Å². The summed E-state index contributed by atoms with van der Waals surface area (Å²) in [5, 5.41) is 2.12. The van der Waals surface area contributed by atoms with Crippen molar-refractivity contribution in [2.45, 2.75) is 6.92 Å². The minimum absolute atomic E-state index is 0.366. The molecule has 3 heteroatoms. The number of rotatable bonds is 1. The highest BCUT2D eigenvalue weighted by molar-refractivity contribution is 6.30. The highest BCUT2D eigenvalue weighted by atomic mass is 16.6. The number of cyclic esters (lactones) is 2. The molecule has 0 bridgehead atoms. The van der Waals surface area contributed by atoms with Crippen LogP contribution in [0.4, 0.5) is 0 Å². The Bertz CT molecular complexity index is 711. The summed E-state index contributed by atoms with van der Waals surface area (Å²) < 4.78 is 4.60. The lowest BCUT2D eigenvalue weighted by molar-refractivity contribution is -0.150. The van der Waals surface area contributed by atoms with Crippen molar-refractivity contribution < 1.29 is 14.3 Å². The summed E-state index contributed by atoms with van der Waals surface area (Å²) in [4.78, 5) is 23.0. The quantitative estimate of drug-likeness (QED) is 0.566. The Morgan fingerprint density at radius 2 is 1.61 bits per heavy atom. The molecule has 0 unspecified atom stereocenters. The van der Waals surface area contributed by atoms with E-state index in [9.17, 15) is 9.59 Å². The third-order valence-corrected chi connectivity index (χ3v) is 3.11. The topological polar surface area (TPSA) is 43.4 Å². The normalized spacial score (nSPS) is 15.4. The molecule has 0 saturated carbocycles. The molecule has 0 atom stereocenters. The van der Waals surface area contributed by atoms with Crippen molar-refractivity contribution in [2.24, 2.45) is 0 Å². The highest BCUT2D eigenvalue weighted by Crippen LogP contribution is 2.29. The van der Waals surface area contributed by atoms with E-state index in [1.54, 1.807) is 6.92 Å². The van der Waals surface area contributed by atoms with E-state index in [2.05, 4.69) is 4.74 Å². The van der Waals surface area contributed by atoms with E-state index < -0.39 is 11.9 Å². The fraction of sp³-hybridized carbons (Fsp3) is 0.0667. The van der Waals surface area contributed by atoms with E-state index in [1.807, 2.05) is 42.5 Å². The van der Waals surface area contributed by atoms with Crippen LogP contribution in [-0.4, -0.2) is 11.9 Å². The largest absolute Gasteiger partial charge is 0.386 e. The van der Waals surface area contributed by atoms with Crippen LogP contribution in [0.25, 0.3) is 16.3 Å². The molecule has 2 aromatic rings. The van der Waals surface area contributed by atoms with Gasteiger partial charge in [-0.15, -0.1) is 0 Å². The summed E-state index contributed by atoms with van der Waals surface area (Å²) in [5.41, 5.74) is 1.46. The monoisotopic (exact) mass is 238 g/mol. The van der Waals surface area contributed by atoms with Gasteiger partial charge in [-0.25, -0.2) is 9.59 Å². The van der Waals surface area contributed by atoms with Crippen LogP contribution in [0.1, 0.15) is 12.5 Å². The van der Waals surface area contributed by atoms with Gasteiger partial charge in [0.15, 0.2) is 0 Å². The molecule has 0 aliphatic carbocycles. The number of benzene rings is 2. The predicted molar refractivity (Wildman–Crippen MR) is 67.6 cm³/mol. The van der Waals surface area contributed by atoms with Crippen molar-refractivity contribution in [3.05, 3.63) is 53.6 Å². The van der Waals surface area contributed by atoms with Gasteiger partial charge < -0.3 is 4.74 Å². The Kier molecular flexibility index (Phi) is 2.27. The van der Waals surface area contributed by atoms with Crippen LogP contribution >= 0.6 is 0 Å². The van der Waals surface area contributed by atoms with Crippen molar-refractivity contribution in [3.63, 3.8) is 0 Å². The zero-order valence-electron chi connectivity index (χ0n) is 9.77. The first-order valence-electron chi connectivity index (χ1n) is 5.63. The summed E-state index contributed by atoms with van der Waals surface area (Å²) in [7, 11) is 0. The Hall–Kier alpha value is -2.42. The van der Waals surface area contributed by atoms with Crippen molar-refractivity contribution in [2.75, 3.05) is 0 Å². The van der Waals surface area contributed by atoms with Gasteiger partial charge in [0.2, 0.25) is 0 Å². The molecule has 2 aromatic carbocycles. The van der Waals surface area contributed by atoms with Crippen LogP contribution in [-0.2, 0) is 14.3 Å². The Morgan fingerprint density at radius 1 is 0.889 bits per heavy atom. The lowest BCUT2D eigenvalue weighted by atomic mass is 9.99. The van der Waals surface area contributed by atoms with Crippen molar-refractivity contribution in [1.82, 2.24) is 0 Å². The van der Waals surface area contributed by atoms with Crippen molar-refractivity contribution >= 4 is 28.3 Å². The van der Waals surface area contributed by atoms with Gasteiger partial charge >= 0.3 is 11.9 Å². The van der Waals surface area contributed by atoms with Crippen molar-refractivity contribution in [1.29, 1.82) is 0 Å². The number of hydrogen-bond acceptors (Lipinski definition) is 3. The molecule has 0 radical (unpaired) electrons.